The maximum absolute atomic E-state index is 14.6. The predicted octanol–water partition coefficient (Wildman–Crippen LogP) is 11.0. The number of rotatable bonds is 13. The zero-order chi connectivity index (χ0) is 78.8. The molecule has 0 spiro atoms. The van der Waals surface area contributed by atoms with Gasteiger partial charge in [0, 0.05) is 73.2 Å². The fourth-order valence-electron chi connectivity index (χ4n) is 11.4. The van der Waals surface area contributed by atoms with Crippen LogP contribution in [0.4, 0.5) is 85.8 Å². The molecule has 7 N–H and O–H groups in total. The molecule has 5 aliphatic heterocycles. The van der Waals surface area contributed by atoms with Crippen LogP contribution in [-0.4, -0.2) is 137 Å². The number of nitrogens with one attached hydrogen (secondary N) is 2. The van der Waals surface area contributed by atoms with Crippen molar-refractivity contribution in [2.75, 3.05) is 65.2 Å². The number of esters is 3. The van der Waals surface area contributed by atoms with E-state index < -0.39 is 125 Å². The molecule has 10 rings (SSSR count). The largest absolute Gasteiger partial charge is 1.00 e. The number of nitrogens with zero attached hydrogens (tertiary/aromatic N) is 6. The van der Waals surface area contributed by atoms with Crippen molar-refractivity contribution in [3.05, 3.63) is 131 Å². The van der Waals surface area contributed by atoms with E-state index in [-0.39, 0.29) is 137 Å². The Balaban J connectivity index is 0.000000296. The monoisotopic (exact) mass is 1980 g/mol. The van der Waals surface area contributed by atoms with Crippen LogP contribution in [0.5, 0.6) is 0 Å². The molecule has 21 nitrogen and oxygen atoms in total. The second-order valence-corrected chi connectivity index (χ2v) is 26.1. The van der Waals surface area contributed by atoms with Crippen molar-refractivity contribution in [3.63, 3.8) is 0 Å². The van der Waals surface area contributed by atoms with Crippen LogP contribution >= 0.6 is 89.3 Å². The molecule has 4 amide bonds. The molecule has 5 fully saturated rings. The van der Waals surface area contributed by atoms with E-state index in [1.165, 1.54) is 34.1 Å². The average Bonchev–Trinajstić information content (AvgIpc) is 1.52. The molecule has 1 unspecified atom stereocenters. The number of amides is 4. The van der Waals surface area contributed by atoms with Gasteiger partial charge in [-0.3, -0.25) is 24.1 Å². The van der Waals surface area contributed by atoms with Crippen molar-refractivity contribution < 1.29 is 147 Å². The number of hydrogen-bond acceptors (Lipinski definition) is 17. The third-order valence-corrected chi connectivity index (χ3v) is 17.4. The third kappa shape index (κ3) is 26.6. The number of halogens is 20. The Bertz CT molecular complexity index is 3870. The van der Waals surface area contributed by atoms with Crippen LogP contribution < -0.4 is 60.8 Å². The van der Waals surface area contributed by atoms with Gasteiger partial charge in [-0.1, -0.05) is 46.4 Å². The third-order valence-electron chi connectivity index (χ3n) is 15.9. The maximum Gasteiger partial charge on any atom is -1.00 e. The Morgan fingerprint density at radius 3 is 1.66 bits per heavy atom. The molecule has 0 saturated carbocycles. The summed E-state index contributed by atoms with van der Waals surface area (Å²) in [5, 5.41) is 15.1. The standard InChI is InChI=1S/C22H24ClF4N7O2.C14H15ClF3NO3.C14H13ClF3NO3.C7H3ClF3I.C7H11NO3.Cu.2HI/c23-12-6-11(22(25,26)27)7-13(8-12)32-15-2-1-4-34(21(15)36)16-9-33(5-3-14(16)19(29)35)20-17(24)18(28)30-10-31-20;2*1-2-22-13(21)11-3-4-12(20)19(11)10-6-8(14(16,17)18)5-9(15)7-10;8-5-1-4(7(9,10)11)2-6(12)3-5;1-2-11-7(10)5-3-4-6(9)8-5;;;/h6-8,10,14-16,32H,1-5,9H2,(H2,29,35)(H2,28,30,31);5-7,11-12,20H,2-4H2,1H3;5-7,11H,2-4H2,1H3;1-3H;5H,2-4H2,1H3,(H,8,9);;2*1H/q;;;;;+1;;/p-2/t14-,15+,16-;11-,12?;11-;;5-;;;/m011.1.../s1. The van der Waals surface area contributed by atoms with Crippen LogP contribution in [0.25, 0.3) is 0 Å². The molecule has 0 aliphatic carbocycles. The minimum absolute atomic E-state index is 0. The number of carbonyl (C=O) groups excluding carboxylic acids is 7. The smallest absolute Gasteiger partial charge is 1.00 e. The van der Waals surface area contributed by atoms with Crippen LogP contribution in [0.1, 0.15) is 101 Å². The number of piperidine rings is 2. The molecule has 0 radical (unpaired) electrons. The number of carbonyl (C=O) groups is 7. The van der Waals surface area contributed by atoms with Crippen LogP contribution in [0, 0.1) is 15.3 Å². The fourth-order valence-corrected chi connectivity index (χ4v) is 13.1. The topological polar surface area (TPSA) is 282 Å². The summed E-state index contributed by atoms with van der Waals surface area (Å²) in [4.78, 5) is 95.9. The first-order valence-corrected chi connectivity index (χ1v) is 36.9. The normalized spacial score (nSPS) is 20.0. The van der Waals surface area contributed by atoms with E-state index in [0.29, 0.717) is 48.8 Å². The number of anilines is 5. The van der Waals surface area contributed by atoms with E-state index in [4.69, 9.17) is 72.1 Å². The molecular formula is C64H66Cl4CuF13I3N10O11-. The second-order valence-electron chi connectivity index (χ2n) is 23.1. The molecule has 5 aliphatic rings. The summed E-state index contributed by atoms with van der Waals surface area (Å²) in [6.07, 6.45) is -15.1. The van der Waals surface area contributed by atoms with Gasteiger partial charge in [0.1, 0.15) is 36.7 Å². The van der Waals surface area contributed by atoms with Crippen LogP contribution in [-0.2, 0) is 85.2 Å². The molecule has 106 heavy (non-hydrogen) atoms. The maximum atomic E-state index is 14.6. The van der Waals surface area contributed by atoms with Gasteiger partial charge in [0.25, 0.3) is 0 Å². The Morgan fingerprint density at radius 2 is 1.14 bits per heavy atom. The van der Waals surface area contributed by atoms with Crippen LogP contribution in [0.15, 0.2) is 79.1 Å². The summed E-state index contributed by atoms with van der Waals surface area (Å²) in [7, 11) is 0. The molecule has 5 aromatic rings. The summed E-state index contributed by atoms with van der Waals surface area (Å²) in [6.45, 7) is 6.26. The van der Waals surface area contributed by atoms with Gasteiger partial charge in [-0.05, 0) is 161 Å². The molecule has 7 atom stereocenters. The molecule has 4 aromatic carbocycles. The van der Waals surface area contributed by atoms with Crippen molar-refractivity contribution in [1.29, 1.82) is 0 Å². The number of hydrogen-bond donors (Lipinski definition) is 5. The van der Waals surface area contributed by atoms with E-state index in [9.17, 15) is 95.7 Å². The summed E-state index contributed by atoms with van der Waals surface area (Å²) in [5.41, 5.74) is 7.67. The fraction of sp³-hybridized carbons (Fsp3) is 0.453. The number of alkyl halides is 12. The first-order chi connectivity index (χ1) is 49.1. The van der Waals surface area contributed by atoms with Gasteiger partial charge in [0.05, 0.1) is 54.0 Å². The second kappa shape index (κ2) is 41.4. The average molecular weight is 1980 g/mol. The zero-order valence-electron chi connectivity index (χ0n) is 55.4. The van der Waals surface area contributed by atoms with Gasteiger partial charge in [0.15, 0.2) is 11.6 Å². The Morgan fingerprint density at radius 1 is 0.642 bits per heavy atom. The molecule has 0 bridgehead atoms. The van der Waals surface area contributed by atoms with Gasteiger partial charge in [-0.15, -0.1) is 0 Å². The van der Waals surface area contributed by atoms with Gasteiger partial charge >= 0.3 is 75.7 Å². The van der Waals surface area contributed by atoms with Gasteiger partial charge in [-0.25, -0.2) is 24.4 Å². The van der Waals surface area contributed by atoms with Crippen molar-refractivity contribution in [3.8, 4) is 0 Å². The molecule has 1 aromatic heterocycles. The van der Waals surface area contributed by atoms with Crippen molar-refractivity contribution in [2.24, 2.45) is 11.7 Å². The number of aliphatic hydroxyl groups is 1. The Kier molecular flexibility index (Phi) is 36.2. The number of primary amides is 1. The molecule has 590 valence electrons. The zero-order valence-corrected chi connectivity index (χ0v) is 65.8. The van der Waals surface area contributed by atoms with E-state index in [2.05, 4.69) is 33.4 Å². The summed E-state index contributed by atoms with van der Waals surface area (Å²) < 4.78 is 183. The number of likely N-dealkylation sites (tertiary alicyclic amines) is 1. The number of aromatic nitrogens is 2. The van der Waals surface area contributed by atoms with Crippen molar-refractivity contribution >= 4 is 160 Å². The van der Waals surface area contributed by atoms with E-state index in [1.54, 1.807) is 68.6 Å². The van der Waals surface area contributed by atoms with Crippen LogP contribution in [0.3, 0.4) is 0 Å². The molecule has 42 heteroatoms. The minimum atomic E-state index is -4.61. The van der Waals surface area contributed by atoms with Crippen molar-refractivity contribution in [2.45, 2.75) is 140 Å². The van der Waals surface area contributed by atoms with E-state index in [0.717, 1.165) is 59.8 Å². The number of nitrogen functional groups attached to an aromatic ring is 1. The van der Waals surface area contributed by atoms with Crippen LogP contribution in [0.2, 0.25) is 20.1 Å². The first-order valence-electron chi connectivity index (χ1n) is 31.3. The van der Waals surface area contributed by atoms with Gasteiger partial charge < -0.3 is 80.1 Å². The number of aliphatic hydroxyl groups excluding tert-OH is 1. The molecule has 6 heterocycles. The predicted molar refractivity (Wildman–Crippen MR) is 374 cm³/mol. The summed E-state index contributed by atoms with van der Waals surface area (Å²) in [6, 6.07) is 8.47. The minimum Gasteiger partial charge on any atom is -1.00 e. The van der Waals surface area contributed by atoms with Gasteiger partial charge in [-0.2, -0.15) is 57.1 Å². The summed E-state index contributed by atoms with van der Waals surface area (Å²) in [5.74, 6) is -4.93. The number of nitrogens with two attached hydrogens (primary N) is 2. The SMILES string of the molecule is CCOC(=O)[C@H]1CCC(=O)N1.CCOC(=O)[C@H]1CCC(=O)N1c1cc(Cl)cc(C(F)(F)F)c1.CCOC(=O)[C@H]1CCC(O)N1c1cc(Cl)cc(C(F)(F)F)c1.FC(F)(F)c1cc(Cl)cc(I)c1.NC(=O)[C@H]1CCN(c2ncnc(N)c2F)C[C@@H]1N1CCC[C@@H](Nc2cc(Cl)cc(C(F)(F)F)c2)C1=O.[Cu][I].[I-]. The number of ether oxygens (including phenoxy) is 3. The van der Waals surface area contributed by atoms with Gasteiger partial charge in [0.2, 0.25) is 29.4 Å². The number of benzene rings is 4. The molecular weight excluding hydrogens is 1920 g/mol. The Labute approximate surface area is 668 Å². The van der Waals surface area contributed by atoms with E-state index in [1.807, 2.05) is 0 Å². The van der Waals surface area contributed by atoms with Crippen molar-refractivity contribution in [1.82, 2.24) is 20.2 Å². The molecule has 5 saturated heterocycles. The first kappa shape index (κ1) is 92.8. The van der Waals surface area contributed by atoms with E-state index >= 15 is 0 Å². The quantitative estimate of drug-likeness (QED) is 0.0241. The summed E-state index contributed by atoms with van der Waals surface area (Å²) >= 11 is 30.4. The Hall–Kier alpha value is -5.63.